The van der Waals surface area contributed by atoms with Gasteiger partial charge in [0.25, 0.3) is 5.91 Å². The van der Waals surface area contributed by atoms with Gasteiger partial charge in [-0.1, -0.05) is 6.92 Å². The largest absolute Gasteiger partial charge is 0.462 e. The van der Waals surface area contributed by atoms with E-state index < -0.39 is 5.97 Å². The Morgan fingerprint density at radius 3 is 2.71 bits per heavy atom. The van der Waals surface area contributed by atoms with Crippen LogP contribution in [0.4, 0.5) is 5.82 Å². The lowest BCUT2D eigenvalue weighted by molar-refractivity contribution is 0.0525. The van der Waals surface area contributed by atoms with Crippen LogP contribution in [0.2, 0.25) is 0 Å². The number of aryl methyl sites for hydroxylation is 1. The number of amides is 1. The summed E-state index contributed by atoms with van der Waals surface area (Å²) in [5.41, 5.74) is 1.97. The number of nitrogens with one attached hydrogen (secondary N) is 2. The molecule has 2 aromatic rings. The molecular formula is C17H24N4O3. The Hall–Kier alpha value is -2.57. The van der Waals surface area contributed by atoms with E-state index >= 15 is 0 Å². The van der Waals surface area contributed by atoms with Crippen molar-refractivity contribution in [1.82, 2.24) is 14.8 Å². The molecule has 0 aliphatic rings. The number of carbonyl (C=O) groups excluding carboxylic acids is 2. The maximum atomic E-state index is 12.6. The molecule has 1 amide bonds. The Kier molecular flexibility index (Phi) is 5.43. The van der Waals surface area contributed by atoms with Crippen molar-refractivity contribution in [3.63, 3.8) is 0 Å². The third-order valence-electron chi connectivity index (χ3n) is 4.06. The van der Waals surface area contributed by atoms with Gasteiger partial charge in [-0.2, -0.15) is 5.10 Å². The van der Waals surface area contributed by atoms with E-state index in [0.717, 1.165) is 6.42 Å². The molecule has 7 heteroatoms. The minimum absolute atomic E-state index is 0.178. The van der Waals surface area contributed by atoms with Gasteiger partial charge in [-0.05, 0) is 39.7 Å². The van der Waals surface area contributed by atoms with Gasteiger partial charge >= 0.3 is 5.97 Å². The van der Waals surface area contributed by atoms with Gasteiger partial charge in [0, 0.05) is 11.8 Å². The smallest absolute Gasteiger partial charge is 0.340 e. The first-order valence-corrected chi connectivity index (χ1v) is 8.11. The first-order chi connectivity index (χ1) is 11.4. The summed E-state index contributed by atoms with van der Waals surface area (Å²) in [7, 11) is 0. The molecule has 0 fully saturated rings. The molecule has 1 unspecified atom stereocenters. The van der Waals surface area contributed by atoms with Crippen molar-refractivity contribution in [2.24, 2.45) is 0 Å². The molecule has 130 valence electrons. The molecule has 2 aromatic heterocycles. The Morgan fingerprint density at radius 2 is 2.08 bits per heavy atom. The van der Waals surface area contributed by atoms with Crippen molar-refractivity contribution in [1.29, 1.82) is 0 Å². The molecule has 0 saturated carbocycles. The van der Waals surface area contributed by atoms with Crippen LogP contribution in [0.3, 0.4) is 0 Å². The number of H-pyrrole nitrogens is 1. The van der Waals surface area contributed by atoms with Gasteiger partial charge in [0.05, 0.1) is 24.4 Å². The molecule has 24 heavy (non-hydrogen) atoms. The lowest BCUT2D eigenvalue weighted by Crippen LogP contribution is -2.18. The van der Waals surface area contributed by atoms with E-state index in [0.29, 0.717) is 34.9 Å². The number of aromatic nitrogens is 3. The highest BCUT2D eigenvalue weighted by Crippen LogP contribution is 2.21. The van der Waals surface area contributed by atoms with Crippen LogP contribution >= 0.6 is 0 Å². The molecule has 0 bridgehead atoms. The Morgan fingerprint density at radius 1 is 1.38 bits per heavy atom. The SMILES string of the molecule is CCOC(=O)c1c(C)[nH]c(C(=O)Nc2ccnn2C(C)CC)c1C. The van der Waals surface area contributed by atoms with Gasteiger partial charge in [-0.25, -0.2) is 9.48 Å². The highest BCUT2D eigenvalue weighted by molar-refractivity contribution is 6.06. The zero-order valence-electron chi connectivity index (χ0n) is 14.8. The third kappa shape index (κ3) is 3.34. The van der Waals surface area contributed by atoms with Crippen molar-refractivity contribution in [3.05, 3.63) is 34.8 Å². The summed E-state index contributed by atoms with van der Waals surface area (Å²) >= 11 is 0. The fraction of sp³-hybridized carbons (Fsp3) is 0.471. The number of ether oxygens (including phenoxy) is 1. The van der Waals surface area contributed by atoms with Gasteiger partial charge in [-0.3, -0.25) is 4.79 Å². The highest BCUT2D eigenvalue weighted by atomic mass is 16.5. The van der Waals surface area contributed by atoms with Crippen molar-refractivity contribution in [2.45, 2.75) is 47.1 Å². The van der Waals surface area contributed by atoms with Crippen LogP contribution in [-0.2, 0) is 4.74 Å². The van der Waals surface area contributed by atoms with Crippen molar-refractivity contribution in [3.8, 4) is 0 Å². The van der Waals surface area contributed by atoms with Gasteiger partial charge in [-0.15, -0.1) is 0 Å². The van der Waals surface area contributed by atoms with Crippen LogP contribution in [-0.4, -0.2) is 33.2 Å². The maximum Gasteiger partial charge on any atom is 0.340 e. The van der Waals surface area contributed by atoms with E-state index in [4.69, 9.17) is 4.74 Å². The Balaban J connectivity index is 2.27. The van der Waals surface area contributed by atoms with Crippen LogP contribution in [0.1, 0.15) is 65.3 Å². The average molecular weight is 332 g/mol. The molecule has 2 heterocycles. The van der Waals surface area contributed by atoms with Crippen molar-refractivity contribution >= 4 is 17.7 Å². The average Bonchev–Trinajstić information content (AvgIpc) is 3.11. The van der Waals surface area contributed by atoms with Crippen LogP contribution < -0.4 is 5.32 Å². The molecule has 1 atom stereocenters. The second kappa shape index (κ2) is 7.33. The quantitative estimate of drug-likeness (QED) is 0.795. The predicted octanol–water partition coefficient (Wildman–Crippen LogP) is 3.23. The number of carbonyl (C=O) groups is 2. The minimum Gasteiger partial charge on any atom is -0.462 e. The fourth-order valence-corrected chi connectivity index (χ4v) is 2.60. The molecular weight excluding hydrogens is 308 g/mol. The molecule has 2 N–H and O–H groups in total. The van der Waals surface area contributed by atoms with Crippen molar-refractivity contribution < 1.29 is 14.3 Å². The van der Waals surface area contributed by atoms with Gasteiger partial charge in [0.15, 0.2) is 0 Å². The van der Waals surface area contributed by atoms with Gasteiger partial charge < -0.3 is 15.0 Å². The molecule has 7 nitrogen and oxygen atoms in total. The summed E-state index contributed by atoms with van der Waals surface area (Å²) in [4.78, 5) is 27.6. The number of hydrogen-bond acceptors (Lipinski definition) is 4. The van der Waals surface area contributed by atoms with Crippen LogP contribution in [0.5, 0.6) is 0 Å². The number of rotatable bonds is 6. The predicted molar refractivity (Wildman–Crippen MR) is 91.4 cm³/mol. The summed E-state index contributed by atoms with van der Waals surface area (Å²) < 4.78 is 6.82. The van der Waals surface area contributed by atoms with E-state index in [1.807, 2.05) is 6.92 Å². The zero-order chi connectivity index (χ0) is 17.9. The molecule has 0 radical (unpaired) electrons. The van der Waals surface area contributed by atoms with Crippen LogP contribution in [0.25, 0.3) is 0 Å². The topological polar surface area (TPSA) is 89.0 Å². The number of aromatic amines is 1. The second-order valence-corrected chi connectivity index (χ2v) is 5.72. The molecule has 0 spiro atoms. The van der Waals surface area contributed by atoms with E-state index in [2.05, 4.69) is 22.3 Å². The van der Waals surface area contributed by atoms with E-state index in [9.17, 15) is 9.59 Å². The van der Waals surface area contributed by atoms with Gasteiger partial charge in [0.1, 0.15) is 11.5 Å². The lowest BCUT2D eigenvalue weighted by atomic mass is 10.1. The van der Waals surface area contributed by atoms with E-state index in [1.54, 1.807) is 37.7 Å². The standard InChI is InChI=1S/C17H24N4O3/c1-6-10(3)21-13(8-9-18-21)20-16(22)15-11(4)14(12(5)19-15)17(23)24-7-2/h8-10,19H,6-7H2,1-5H3,(H,20,22). The Labute approximate surface area is 141 Å². The third-order valence-corrected chi connectivity index (χ3v) is 4.06. The maximum absolute atomic E-state index is 12.6. The highest BCUT2D eigenvalue weighted by Gasteiger charge is 2.23. The molecule has 0 aliphatic heterocycles. The summed E-state index contributed by atoms with van der Waals surface area (Å²) in [5, 5.41) is 7.10. The number of esters is 1. The lowest BCUT2D eigenvalue weighted by Gasteiger charge is -2.14. The minimum atomic E-state index is -0.424. The summed E-state index contributed by atoms with van der Waals surface area (Å²) in [6.45, 7) is 9.61. The first-order valence-electron chi connectivity index (χ1n) is 8.11. The van der Waals surface area contributed by atoms with E-state index in [1.165, 1.54) is 0 Å². The van der Waals surface area contributed by atoms with Gasteiger partial charge in [0.2, 0.25) is 0 Å². The molecule has 2 rings (SSSR count). The summed E-state index contributed by atoms with van der Waals surface area (Å²) in [6, 6.07) is 1.93. The van der Waals surface area contributed by atoms with Crippen LogP contribution in [0, 0.1) is 13.8 Å². The summed E-state index contributed by atoms with van der Waals surface area (Å²) in [5.74, 6) is -0.109. The molecule has 0 aliphatic carbocycles. The Bertz CT molecular complexity index is 745. The number of nitrogens with zero attached hydrogens (tertiary/aromatic N) is 2. The fourth-order valence-electron chi connectivity index (χ4n) is 2.60. The number of hydrogen-bond donors (Lipinski definition) is 2. The van der Waals surface area contributed by atoms with Crippen LogP contribution in [0.15, 0.2) is 12.3 Å². The summed E-state index contributed by atoms with van der Waals surface area (Å²) in [6.07, 6.45) is 2.55. The zero-order valence-corrected chi connectivity index (χ0v) is 14.8. The van der Waals surface area contributed by atoms with Crippen molar-refractivity contribution in [2.75, 3.05) is 11.9 Å². The number of anilines is 1. The molecule has 0 aromatic carbocycles. The monoisotopic (exact) mass is 332 g/mol. The second-order valence-electron chi connectivity index (χ2n) is 5.72. The first kappa shape index (κ1) is 17.8. The van der Waals surface area contributed by atoms with E-state index in [-0.39, 0.29) is 11.9 Å². The normalized spacial score (nSPS) is 12.0. The molecule has 0 saturated heterocycles.